The van der Waals surface area contributed by atoms with Crippen molar-refractivity contribution in [1.82, 2.24) is 15.0 Å². The minimum Gasteiger partial charge on any atom is -0.249 e. The Morgan fingerprint density at radius 1 is 1.00 bits per heavy atom. The lowest BCUT2D eigenvalue weighted by Crippen LogP contribution is -2.09. The van der Waals surface area contributed by atoms with Crippen LogP contribution in [0.3, 0.4) is 0 Å². The Kier molecular flexibility index (Phi) is 7.76. The molecule has 0 saturated heterocycles. The number of aromatic nitrogens is 3. The fraction of sp³-hybridized carbons (Fsp3) is 0.875. The normalized spacial score (nSPS) is 11.4. The molecule has 0 unspecified atom stereocenters. The molecule has 0 radical (unpaired) electrons. The maximum Gasteiger partial charge on any atom is 0.0859 e. The fourth-order valence-corrected chi connectivity index (χ4v) is 2.39. The van der Waals surface area contributed by atoms with Gasteiger partial charge in [-0.25, -0.2) is 4.68 Å². The smallest absolute Gasteiger partial charge is 0.0859 e. The quantitative estimate of drug-likeness (QED) is 0.587. The van der Waals surface area contributed by atoms with Crippen LogP contribution in [0.25, 0.3) is 0 Å². The van der Waals surface area contributed by atoms with E-state index < -0.39 is 0 Å². The molecular weight excluding hydrogens is 234 g/mol. The van der Waals surface area contributed by atoms with Crippen LogP contribution in [0, 0.1) is 5.92 Å². The molecule has 0 atom stereocenters. The van der Waals surface area contributed by atoms with E-state index in [9.17, 15) is 0 Å². The van der Waals surface area contributed by atoms with Gasteiger partial charge < -0.3 is 0 Å². The summed E-state index contributed by atoms with van der Waals surface area (Å²) in [6, 6.07) is 0. The number of unbranched alkanes of at least 4 members (excludes halogenated alkanes) is 4. The maximum atomic E-state index is 4.42. The summed E-state index contributed by atoms with van der Waals surface area (Å²) in [5, 5.41) is 8.80. The Bertz CT molecular complexity index is 342. The van der Waals surface area contributed by atoms with Crippen molar-refractivity contribution in [2.45, 2.75) is 85.6 Å². The van der Waals surface area contributed by atoms with Crippen molar-refractivity contribution in [3.8, 4) is 0 Å². The molecule has 19 heavy (non-hydrogen) atoms. The molecule has 0 aromatic carbocycles. The lowest BCUT2D eigenvalue weighted by molar-refractivity contribution is 0.495. The molecule has 0 bridgehead atoms. The van der Waals surface area contributed by atoms with Gasteiger partial charge in [-0.1, -0.05) is 58.6 Å². The van der Waals surface area contributed by atoms with E-state index >= 15 is 0 Å². The summed E-state index contributed by atoms with van der Waals surface area (Å²) in [5.41, 5.74) is 2.63. The van der Waals surface area contributed by atoms with Gasteiger partial charge in [0, 0.05) is 6.54 Å². The van der Waals surface area contributed by atoms with Crippen LogP contribution < -0.4 is 0 Å². The molecule has 0 aliphatic carbocycles. The number of hydrogen-bond acceptors (Lipinski definition) is 2. The third-order valence-electron chi connectivity index (χ3n) is 3.51. The molecule has 3 nitrogen and oxygen atoms in total. The van der Waals surface area contributed by atoms with Crippen molar-refractivity contribution in [3.05, 3.63) is 11.4 Å². The van der Waals surface area contributed by atoms with E-state index in [0.717, 1.165) is 19.4 Å². The zero-order chi connectivity index (χ0) is 14.1. The first kappa shape index (κ1) is 16.2. The lowest BCUT2D eigenvalue weighted by Gasteiger charge is -2.10. The van der Waals surface area contributed by atoms with Gasteiger partial charge >= 0.3 is 0 Å². The topological polar surface area (TPSA) is 30.7 Å². The molecule has 0 saturated carbocycles. The summed E-state index contributed by atoms with van der Waals surface area (Å²) in [6.07, 6.45) is 9.81. The molecule has 0 fully saturated rings. The molecule has 110 valence electrons. The Morgan fingerprint density at radius 2 is 1.74 bits per heavy atom. The Labute approximate surface area is 118 Å². The Hall–Kier alpha value is -0.860. The van der Waals surface area contributed by atoms with Gasteiger partial charge in [0.15, 0.2) is 0 Å². The van der Waals surface area contributed by atoms with Crippen molar-refractivity contribution in [3.63, 3.8) is 0 Å². The van der Waals surface area contributed by atoms with Crippen molar-refractivity contribution in [1.29, 1.82) is 0 Å². The van der Waals surface area contributed by atoms with Crippen LogP contribution >= 0.6 is 0 Å². The minimum absolute atomic E-state index is 0.674. The molecule has 0 amide bonds. The van der Waals surface area contributed by atoms with Gasteiger partial charge in [-0.3, -0.25) is 0 Å². The van der Waals surface area contributed by atoms with Crippen LogP contribution in [0.4, 0.5) is 0 Å². The summed E-state index contributed by atoms with van der Waals surface area (Å²) in [4.78, 5) is 0. The molecule has 1 rings (SSSR count). The Balaban J connectivity index is 2.64. The van der Waals surface area contributed by atoms with E-state index in [-0.39, 0.29) is 0 Å². The molecule has 0 N–H and O–H groups in total. The average molecular weight is 265 g/mol. The molecular formula is C16H31N3. The summed E-state index contributed by atoms with van der Waals surface area (Å²) in [5.74, 6) is 0.674. The molecule has 1 aromatic heterocycles. The van der Waals surface area contributed by atoms with Crippen molar-refractivity contribution in [2.24, 2.45) is 5.92 Å². The largest absolute Gasteiger partial charge is 0.249 e. The van der Waals surface area contributed by atoms with E-state index in [1.54, 1.807) is 0 Å². The zero-order valence-electron chi connectivity index (χ0n) is 13.3. The zero-order valence-corrected chi connectivity index (χ0v) is 13.3. The lowest BCUT2D eigenvalue weighted by atomic mass is 10.0. The van der Waals surface area contributed by atoms with Crippen molar-refractivity contribution >= 4 is 0 Å². The van der Waals surface area contributed by atoms with Crippen LogP contribution in [0.15, 0.2) is 0 Å². The number of nitrogens with zero attached hydrogens (tertiary/aromatic N) is 3. The van der Waals surface area contributed by atoms with Crippen molar-refractivity contribution < 1.29 is 0 Å². The molecule has 0 spiro atoms. The summed E-state index contributed by atoms with van der Waals surface area (Å²) < 4.78 is 2.17. The molecule has 0 aliphatic rings. The highest BCUT2D eigenvalue weighted by atomic mass is 15.4. The van der Waals surface area contributed by atoms with Crippen LogP contribution in [-0.2, 0) is 19.4 Å². The first-order valence-electron chi connectivity index (χ1n) is 8.10. The van der Waals surface area contributed by atoms with Gasteiger partial charge in [0.25, 0.3) is 0 Å². The monoisotopic (exact) mass is 265 g/mol. The summed E-state index contributed by atoms with van der Waals surface area (Å²) in [6.45, 7) is 10.1. The fourth-order valence-electron chi connectivity index (χ4n) is 2.39. The van der Waals surface area contributed by atoms with Crippen molar-refractivity contribution in [2.75, 3.05) is 0 Å². The molecule has 3 heteroatoms. The van der Waals surface area contributed by atoms with Crippen LogP contribution in [-0.4, -0.2) is 15.0 Å². The van der Waals surface area contributed by atoms with Gasteiger partial charge in [-0.05, 0) is 31.6 Å². The van der Waals surface area contributed by atoms with Crippen LogP contribution in [0.5, 0.6) is 0 Å². The number of rotatable bonds is 10. The third kappa shape index (κ3) is 5.75. The average Bonchev–Trinajstić information content (AvgIpc) is 2.74. The van der Waals surface area contributed by atoms with E-state index in [1.165, 1.54) is 49.9 Å². The second kappa shape index (κ2) is 9.11. The van der Waals surface area contributed by atoms with Crippen LogP contribution in [0.2, 0.25) is 0 Å². The predicted molar refractivity (Wildman–Crippen MR) is 81.3 cm³/mol. The highest BCUT2D eigenvalue weighted by molar-refractivity contribution is 5.11. The highest BCUT2D eigenvalue weighted by Crippen LogP contribution is 2.15. The highest BCUT2D eigenvalue weighted by Gasteiger charge is 2.13. The van der Waals surface area contributed by atoms with Gasteiger partial charge in [0.05, 0.1) is 11.4 Å². The maximum absolute atomic E-state index is 4.42. The van der Waals surface area contributed by atoms with E-state index in [2.05, 4.69) is 42.7 Å². The summed E-state index contributed by atoms with van der Waals surface area (Å²) in [7, 11) is 0. The van der Waals surface area contributed by atoms with Gasteiger partial charge in [-0.2, -0.15) is 0 Å². The Morgan fingerprint density at radius 3 is 2.37 bits per heavy atom. The van der Waals surface area contributed by atoms with E-state index in [0.29, 0.717) is 5.92 Å². The van der Waals surface area contributed by atoms with Gasteiger partial charge in [-0.15, -0.1) is 5.10 Å². The molecule has 0 aliphatic heterocycles. The molecule has 1 aromatic rings. The van der Waals surface area contributed by atoms with E-state index in [1.807, 2.05) is 0 Å². The second-order valence-electron chi connectivity index (χ2n) is 5.97. The summed E-state index contributed by atoms with van der Waals surface area (Å²) >= 11 is 0. The minimum atomic E-state index is 0.674. The number of aryl methyl sites for hydroxylation is 2. The second-order valence-corrected chi connectivity index (χ2v) is 5.97. The third-order valence-corrected chi connectivity index (χ3v) is 3.51. The standard InChI is InChI=1S/C16H31N3/c1-5-7-9-10-12-19-16(13-14(3)4)15(17-18-19)11-8-6-2/h14H,5-13H2,1-4H3. The van der Waals surface area contributed by atoms with E-state index in [4.69, 9.17) is 0 Å². The van der Waals surface area contributed by atoms with Crippen LogP contribution in [0.1, 0.15) is 77.6 Å². The first-order chi connectivity index (χ1) is 9.19. The predicted octanol–water partition coefficient (Wildman–Crippen LogP) is 4.40. The van der Waals surface area contributed by atoms with Gasteiger partial charge in [0.1, 0.15) is 0 Å². The van der Waals surface area contributed by atoms with Gasteiger partial charge in [0.2, 0.25) is 0 Å². The first-order valence-corrected chi connectivity index (χ1v) is 8.10. The molecule has 1 heterocycles. The number of hydrogen-bond donors (Lipinski definition) is 0. The SMILES string of the molecule is CCCCCCn1nnc(CCCC)c1CC(C)C.